The van der Waals surface area contributed by atoms with E-state index in [1.807, 2.05) is 30.3 Å². The maximum Gasteiger partial charge on any atom is 0.408 e. The summed E-state index contributed by atoms with van der Waals surface area (Å²) in [5.74, 6) is -1.24. The Morgan fingerprint density at radius 3 is 2.40 bits per heavy atom. The van der Waals surface area contributed by atoms with Gasteiger partial charge in [0.05, 0.1) is 7.11 Å². The molecule has 192 valence electrons. The molecular weight excluding hydrogens is 452 g/mol. The Labute approximate surface area is 206 Å². The van der Waals surface area contributed by atoms with Crippen molar-refractivity contribution in [2.75, 3.05) is 13.7 Å². The monoisotopic (exact) mass is 488 g/mol. The van der Waals surface area contributed by atoms with Crippen LogP contribution in [0.25, 0.3) is 0 Å². The van der Waals surface area contributed by atoms with Gasteiger partial charge in [0.2, 0.25) is 5.91 Å². The third-order valence-corrected chi connectivity index (χ3v) is 6.80. The first-order chi connectivity index (χ1) is 16.3. The number of nitrogens with zero attached hydrogens (tertiary/aromatic N) is 1. The Kier molecular flexibility index (Phi) is 7.77. The summed E-state index contributed by atoms with van der Waals surface area (Å²) in [6, 6.07) is 7.48. The maximum atomic E-state index is 13.5. The molecule has 0 bridgehead atoms. The Bertz CT molecular complexity index is 954. The van der Waals surface area contributed by atoms with Crippen LogP contribution in [-0.4, -0.2) is 60.2 Å². The van der Waals surface area contributed by atoms with Crippen molar-refractivity contribution in [1.82, 2.24) is 10.2 Å². The predicted octanol–water partition coefficient (Wildman–Crippen LogP) is 3.06. The number of carbonyl (C=O) groups excluding carboxylic acids is 4. The number of rotatable bonds is 8. The molecule has 4 atom stereocenters. The Morgan fingerprint density at radius 2 is 1.80 bits per heavy atom. The maximum absolute atomic E-state index is 13.5. The van der Waals surface area contributed by atoms with Crippen molar-refractivity contribution in [3.63, 3.8) is 0 Å². The second kappa shape index (κ2) is 10.3. The van der Waals surface area contributed by atoms with Crippen LogP contribution in [0.5, 0.6) is 0 Å². The number of methoxy groups -OCH3 is 1. The molecule has 1 saturated heterocycles. The smallest absolute Gasteiger partial charge is 0.408 e. The number of nitrogens with one attached hydrogen (secondary N) is 1. The van der Waals surface area contributed by atoms with Gasteiger partial charge in [-0.3, -0.25) is 9.59 Å². The number of esters is 2. The van der Waals surface area contributed by atoms with Crippen molar-refractivity contribution in [3.8, 4) is 0 Å². The van der Waals surface area contributed by atoms with E-state index in [1.54, 1.807) is 20.8 Å². The zero-order chi connectivity index (χ0) is 26.0. The van der Waals surface area contributed by atoms with Crippen LogP contribution in [0.4, 0.5) is 4.79 Å². The number of alkyl carbamates (subject to hydrolysis) is 1. The summed E-state index contributed by atoms with van der Waals surface area (Å²) in [7, 11) is 1.30. The van der Waals surface area contributed by atoms with Crippen molar-refractivity contribution in [2.45, 2.75) is 71.8 Å². The predicted molar refractivity (Wildman–Crippen MR) is 127 cm³/mol. The second-order valence-electron chi connectivity index (χ2n) is 10.8. The molecule has 0 spiro atoms. The molecule has 2 amide bonds. The van der Waals surface area contributed by atoms with Gasteiger partial charge in [0.1, 0.15) is 24.3 Å². The van der Waals surface area contributed by atoms with E-state index in [4.69, 9.17) is 14.2 Å². The van der Waals surface area contributed by atoms with Gasteiger partial charge in [-0.25, -0.2) is 9.59 Å². The number of hydrogen-bond acceptors (Lipinski definition) is 7. The lowest BCUT2D eigenvalue weighted by Gasteiger charge is -2.32. The van der Waals surface area contributed by atoms with Gasteiger partial charge in [-0.2, -0.15) is 0 Å². The zero-order valence-corrected chi connectivity index (χ0v) is 21.3. The molecule has 2 aliphatic rings. The molecule has 1 heterocycles. The largest absolute Gasteiger partial charge is 0.467 e. The lowest BCUT2D eigenvalue weighted by Crippen LogP contribution is -2.54. The van der Waals surface area contributed by atoms with Gasteiger partial charge in [-0.05, 0) is 44.1 Å². The molecule has 0 radical (unpaired) electrons. The standard InChI is InChI=1S/C26H36N2O7/c1-25(2,3)35-24(32)27-18(12-13-19(29)34-15-16-10-8-7-9-11-16)22(30)28-14-17-20(26(17,4)5)21(28)23(31)33-6/h7-11,17-18,20-21H,12-15H2,1-6H3,(H,27,32)/t17-,18-,20-,21-/m0/s1. The van der Waals surface area contributed by atoms with E-state index in [9.17, 15) is 19.2 Å². The number of benzene rings is 1. The van der Waals surface area contributed by atoms with E-state index in [0.29, 0.717) is 6.54 Å². The normalized spacial score (nSPS) is 23.0. The fraction of sp³-hybridized carbons (Fsp3) is 0.615. The van der Waals surface area contributed by atoms with E-state index < -0.39 is 41.6 Å². The van der Waals surface area contributed by atoms with E-state index in [-0.39, 0.29) is 36.7 Å². The number of fused-ring (bicyclic) bond motifs is 1. The molecule has 35 heavy (non-hydrogen) atoms. The van der Waals surface area contributed by atoms with Crippen LogP contribution < -0.4 is 5.32 Å². The number of hydrogen-bond donors (Lipinski definition) is 1. The van der Waals surface area contributed by atoms with Gasteiger partial charge >= 0.3 is 18.0 Å². The van der Waals surface area contributed by atoms with Crippen LogP contribution in [0.2, 0.25) is 0 Å². The first-order valence-corrected chi connectivity index (χ1v) is 11.9. The van der Waals surface area contributed by atoms with Crippen LogP contribution >= 0.6 is 0 Å². The molecule has 1 N–H and O–H groups in total. The summed E-state index contributed by atoms with van der Waals surface area (Å²) in [5, 5.41) is 2.60. The van der Waals surface area contributed by atoms with Crippen LogP contribution in [-0.2, 0) is 35.2 Å². The minimum atomic E-state index is -1.05. The zero-order valence-electron chi connectivity index (χ0n) is 21.3. The second-order valence-corrected chi connectivity index (χ2v) is 10.8. The Hall–Kier alpha value is -3.10. The van der Waals surface area contributed by atoms with Crippen molar-refractivity contribution in [3.05, 3.63) is 35.9 Å². The van der Waals surface area contributed by atoms with Crippen LogP contribution in [0, 0.1) is 17.3 Å². The van der Waals surface area contributed by atoms with E-state index in [0.717, 1.165) is 5.56 Å². The molecule has 3 rings (SSSR count). The Balaban J connectivity index is 1.68. The van der Waals surface area contributed by atoms with Gasteiger partial charge < -0.3 is 24.4 Å². The summed E-state index contributed by atoms with van der Waals surface area (Å²) >= 11 is 0. The first kappa shape index (κ1) is 26.5. The highest BCUT2D eigenvalue weighted by Crippen LogP contribution is 2.65. The Morgan fingerprint density at radius 1 is 1.14 bits per heavy atom. The lowest BCUT2D eigenvalue weighted by atomic mass is 9.99. The molecule has 1 saturated carbocycles. The topological polar surface area (TPSA) is 111 Å². The van der Waals surface area contributed by atoms with Crippen molar-refractivity contribution < 1.29 is 33.4 Å². The molecule has 9 nitrogen and oxygen atoms in total. The van der Waals surface area contributed by atoms with Crippen molar-refractivity contribution in [1.29, 1.82) is 0 Å². The highest BCUT2D eigenvalue weighted by molar-refractivity contribution is 5.91. The minimum Gasteiger partial charge on any atom is -0.467 e. The van der Waals surface area contributed by atoms with Gasteiger partial charge in [0.25, 0.3) is 0 Å². The third kappa shape index (κ3) is 6.32. The first-order valence-electron chi connectivity index (χ1n) is 11.9. The fourth-order valence-corrected chi connectivity index (χ4v) is 4.88. The SMILES string of the molecule is COC(=O)[C@@H]1[C@@H]2[C@H](CN1C(=O)[C@H](CCC(=O)OCc1ccccc1)NC(=O)OC(C)(C)C)C2(C)C. The molecule has 0 aromatic heterocycles. The van der Waals surface area contributed by atoms with Gasteiger partial charge in [-0.1, -0.05) is 44.2 Å². The number of likely N-dealkylation sites (tertiary alicyclic amines) is 1. The number of piperidine rings is 1. The summed E-state index contributed by atoms with van der Waals surface area (Å²) in [6.45, 7) is 9.79. The number of carbonyl (C=O) groups is 4. The van der Waals surface area contributed by atoms with Gasteiger partial charge in [-0.15, -0.1) is 0 Å². The molecule has 1 aliphatic carbocycles. The van der Waals surface area contributed by atoms with Crippen LogP contribution in [0.3, 0.4) is 0 Å². The van der Waals surface area contributed by atoms with E-state index in [2.05, 4.69) is 19.2 Å². The molecular formula is C26H36N2O7. The molecule has 9 heteroatoms. The summed E-state index contributed by atoms with van der Waals surface area (Å²) < 4.78 is 15.6. The highest BCUT2D eigenvalue weighted by atomic mass is 16.6. The van der Waals surface area contributed by atoms with Crippen LogP contribution in [0.15, 0.2) is 30.3 Å². The van der Waals surface area contributed by atoms with E-state index >= 15 is 0 Å². The summed E-state index contributed by atoms with van der Waals surface area (Å²) in [6.07, 6.45) is -0.851. The summed E-state index contributed by atoms with van der Waals surface area (Å²) in [4.78, 5) is 52.4. The molecule has 2 fully saturated rings. The molecule has 0 unspecified atom stereocenters. The number of ether oxygens (including phenoxy) is 3. The average Bonchev–Trinajstić information content (AvgIpc) is 3.11. The minimum absolute atomic E-state index is 0.00286. The van der Waals surface area contributed by atoms with Gasteiger partial charge in [0, 0.05) is 18.9 Å². The quantitative estimate of drug-likeness (QED) is 0.442. The molecule has 1 aromatic carbocycles. The highest BCUT2D eigenvalue weighted by Gasteiger charge is 2.70. The van der Waals surface area contributed by atoms with E-state index in [1.165, 1.54) is 12.0 Å². The molecule has 1 aromatic rings. The van der Waals surface area contributed by atoms with Gasteiger partial charge in [0.15, 0.2) is 0 Å². The third-order valence-electron chi connectivity index (χ3n) is 6.80. The summed E-state index contributed by atoms with van der Waals surface area (Å²) in [5.41, 5.74) is 0.0191. The lowest BCUT2D eigenvalue weighted by molar-refractivity contribution is -0.154. The van der Waals surface area contributed by atoms with Crippen LogP contribution in [0.1, 0.15) is 53.0 Å². The average molecular weight is 489 g/mol. The van der Waals surface area contributed by atoms with Crippen molar-refractivity contribution >= 4 is 23.9 Å². The number of amides is 2. The molecule has 1 aliphatic heterocycles. The fourth-order valence-electron chi connectivity index (χ4n) is 4.88. The van der Waals surface area contributed by atoms with Crippen molar-refractivity contribution in [2.24, 2.45) is 17.3 Å².